The highest BCUT2D eigenvalue weighted by molar-refractivity contribution is 5.68. The molecule has 2 aromatic carbocycles. The Balaban J connectivity index is 1.51. The summed E-state index contributed by atoms with van der Waals surface area (Å²) in [5, 5.41) is 9.29. The van der Waals surface area contributed by atoms with Crippen LogP contribution < -0.4 is 10.5 Å². The Kier molecular flexibility index (Phi) is 4.72. The molecule has 2 bridgehead atoms. The Bertz CT molecular complexity index is 1190. The van der Waals surface area contributed by atoms with E-state index in [2.05, 4.69) is 6.07 Å². The molecule has 3 atom stereocenters. The summed E-state index contributed by atoms with van der Waals surface area (Å²) in [5.74, 6) is 0.550. The van der Waals surface area contributed by atoms with Gasteiger partial charge in [-0.25, -0.2) is 4.39 Å². The summed E-state index contributed by atoms with van der Waals surface area (Å²) < 4.78 is 15.2. The molecule has 0 aliphatic carbocycles. The van der Waals surface area contributed by atoms with Crippen LogP contribution in [0.1, 0.15) is 29.2 Å². The lowest BCUT2D eigenvalue weighted by Gasteiger charge is -2.41. The van der Waals surface area contributed by atoms with E-state index >= 15 is 0 Å². The average molecular weight is 400 g/mol. The molecule has 1 aromatic heterocycles. The summed E-state index contributed by atoms with van der Waals surface area (Å²) in [7, 11) is 0. The Morgan fingerprint density at radius 1 is 1.10 bits per heavy atom. The van der Waals surface area contributed by atoms with Gasteiger partial charge in [0.15, 0.2) is 0 Å². The van der Waals surface area contributed by atoms with Gasteiger partial charge < -0.3 is 9.47 Å². The number of fused-ring (bicyclic) bond motifs is 4. The Morgan fingerprint density at radius 3 is 2.73 bits per heavy atom. The van der Waals surface area contributed by atoms with Crippen LogP contribution in [0.5, 0.6) is 0 Å². The summed E-state index contributed by atoms with van der Waals surface area (Å²) in [6.45, 7) is 3.57. The van der Waals surface area contributed by atoms with Crippen molar-refractivity contribution in [3.63, 3.8) is 0 Å². The van der Waals surface area contributed by atoms with Crippen molar-refractivity contribution in [3.8, 4) is 17.2 Å². The first-order valence-electron chi connectivity index (χ1n) is 10.4. The maximum absolute atomic E-state index is 13.3. The van der Waals surface area contributed by atoms with Gasteiger partial charge in [-0.05, 0) is 42.3 Å². The van der Waals surface area contributed by atoms with Crippen molar-refractivity contribution in [2.75, 3.05) is 13.1 Å². The highest BCUT2D eigenvalue weighted by Crippen LogP contribution is 2.37. The molecular weight excluding hydrogens is 377 g/mol. The molecule has 5 rings (SSSR count). The second-order valence-electron chi connectivity index (χ2n) is 8.53. The summed E-state index contributed by atoms with van der Waals surface area (Å²) in [6, 6.07) is 20.2. The first-order valence-corrected chi connectivity index (χ1v) is 10.4. The van der Waals surface area contributed by atoms with Gasteiger partial charge >= 0.3 is 0 Å². The number of quaternary nitrogens is 1. The number of hydrogen-bond acceptors (Lipinski definition) is 2. The molecule has 2 aliphatic rings. The minimum absolute atomic E-state index is 0.0573. The van der Waals surface area contributed by atoms with Crippen LogP contribution in [0, 0.1) is 23.1 Å². The smallest absolute Gasteiger partial charge is 0.250 e. The van der Waals surface area contributed by atoms with E-state index in [9.17, 15) is 14.4 Å². The first kappa shape index (κ1) is 18.8. The minimum atomic E-state index is -0.207. The monoisotopic (exact) mass is 400 g/mol. The zero-order valence-corrected chi connectivity index (χ0v) is 16.6. The topological polar surface area (TPSA) is 50.2 Å². The first-order chi connectivity index (χ1) is 14.6. The van der Waals surface area contributed by atoms with Crippen molar-refractivity contribution >= 4 is 0 Å². The minimum Gasteiger partial charge on any atom is -0.330 e. The molecule has 4 nitrogen and oxygen atoms in total. The molecule has 1 saturated heterocycles. The Morgan fingerprint density at radius 2 is 1.93 bits per heavy atom. The largest absolute Gasteiger partial charge is 0.330 e. The van der Waals surface area contributed by atoms with Gasteiger partial charge in [0.2, 0.25) is 0 Å². The molecule has 3 heterocycles. The SMILES string of the molecule is N#Cc1cccc(-c2ccc(=O)n3c2[C@@H]2C[C@H](C3)C[NH+](Cc3ccc(F)cc3)C2)c1. The van der Waals surface area contributed by atoms with Crippen molar-refractivity contribution < 1.29 is 9.29 Å². The number of benzene rings is 2. The van der Waals surface area contributed by atoms with Crippen LogP contribution in [0.4, 0.5) is 4.39 Å². The van der Waals surface area contributed by atoms with Gasteiger partial charge in [-0.15, -0.1) is 0 Å². The van der Waals surface area contributed by atoms with E-state index < -0.39 is 0 Å². The van der Waals surface area contributed by atoms with E-state index in [1.54, 1.807) is 12.1 Å². The highest BCUT2D eigenvalue weighted by atomic mass is 19.1. The third kappa shape index (κ3) is 3.44. The van der Waals surface area contributed by atoms with Gasteiger partial charge in [-0.3, -0.25) is 4.79 Å². The van der Waals surface area contributed by atoms with E-state index in [-0.39, 0.29) is 11.4 Å². The summed E-state index contributed by atoms with van der Waals surface area (Å²) >= 11 is 0. The quantitative estimate of drug-likeness (QED) is 0.735. The predicted octanol–water partition coefficient (Wildman–Crippen LogP) is 2.73. The molecule has 3 aromatic rings. The molecule has 1 unspecified atom stereocenters. The number of pyridine rings is 1. The zero-order chi connectivity index (χ0) is 20.7. The third-order valence-electron chi connectivity index (χ3n) is 6.45. The van der Waals surface area contributed by atoms with Crippen LogP contribution in [-0.2, 0) is 13.1 Å². The van der Waals surface area contributed by atoms with Crippen molar-refractivity contribution in [3.05, 3.63) is 93.7 Å². The standard InChI is InChI=1S/C25H22FN3O/c26-22-6-4-17(5-7-22)13-28-14-19-11-21(16-28)25-23(8-9-24(30)29(25)15-19)20-3-1-2-18(10-20)12-27/h1-10,19,21H,11,13-16H2/p+1/t19-,21+/m0/s1. The molecule has 0 amide bonds. The normalized spacial score (nSPS) is 22.2. The summed E-state index contributed by atoms with van der Waals surface area (Å²) in [5.41, 5.74) is 4.96. The van der Waals surface area contributed by atoms with Crippen LogP contribution in [0.15, 0.2) is 65.5 Å². The van der Waals surface area contributed by atoms with E-state index in [0.29, 0.717) is 17.4 Å². The molecule has 30 heavy (non-hydrogen) atoms. The molecule has 1 fully saturated rings. The van der Waals surface area contributed by atoms with Crippen LogP contribution in [0.25, 0.3) is 11.1 Å². The summed E-state index contributed by atoms with van der Waals surface area (Å²) in [6.07, 6.45) is 1.08. The van der Waals surface area contributed by atoms with Crippen LogP contribution in [-0.4, -0.2) is 17.7 Å². The number of nitrogens with zero attached hydrogens (tertiary/aromatic N) is 2. The molecule has 1 N–H and O–H groups in total. The highest BCUT2D eigenvalue weighted by Gasteiger charge is 2.38. The van der Waals surface area contributed by atoms with Crippen molar-refractivity contribution in [2.45, 2.75) is 25.4 Å². The summed E-state index contributed by atoms with van der Waals surface area (Å²) in [4.78, 5) is 14.1. The fourth-order valence-corrected chi connectivity index (χ4v) is 5.27. The Labute approximate surface area is 174 Å². The zero-order valence-electron chi connectivity index (χ0n) is 16.6. The number of nitrogens with one attached hydrogen (secondary N) is 1. The number of piperidine rings is 1. The molecular formula is C25H23FN3O+. The van der Waals surface area contributed by atoms with Crippen LogP contribution >= 0.6 is 0 Å². The number of rotatable bonds is 3. The number of aromatic nitrogens is 1. The third-order valence-corrected chi connectivity index (χ3v) is 6.45. The lowest BCUT2D eigenvalue weighted by atomic mass is 9.80. The fraction of sp³-hybridized carbons (Fsp3) is 0.280. The van der Waals surface area contributed by atoms with E-state index in [0.717, 1.165) is 55.0 Å². The van der Waals surface area contributed by atoms with Gasteiger partial charge in [0.05, 0.1) is 24.7 Å². The van der Waals surface area contributed by atoms with Crippen LogP contribution in [0.2, 0.25) is 0 Å². The second-order valence-corrected chi connectivity index (χ2v) is 8.53. The predicted molar refractivity (Wildman–Crippen MR) is 113 cm³/mol. The number of nitriles is 1. The van der Waals surface area contributed by atoms with Gasteiger partial charge in [-0.1, -0.05) is 24.3 Å². The van der Waals surface area contributed by atoms with Gasteiger partial charge in [-0.2, -0.15) is 5.26 Å². The molecule has 5 heteroatoms. The number of likely N-dealkylation sites (tertiary alicyclic amines) is 1. The van der Waals surface area contributed by atoms with Crippen molar-refractivity contribution in [2.24, 2.45) is 5.92 Å². The molecule has 0 spiro atoms. The van der Waals surface area contributed by atoms with Crippen molar-refractivity contribution in [1.29, 1.82) is 5.26 Å². The van der Waals surface area contributed by atoms with Crippen molar-refractivity contribution in [1.82, 2.24) is 4.57 Å². The lowest BCUT2D eigenvalue weighted by molar-refractivity contribution is -0.924. The number of hydrogen-bond donors (Lipinski definition) is 1. The maximum Gasteiger partial charge on any atom is 0.250 e. The second kappa shape index (κ2) is 7.55. The van der Waals surface area contributed by atoms with Crippen LogP contribution in [0.3, 0.4) is 0 Å². The van der Waals surface area contributed by atoms with E-state index in [1.165, 1.54) is 17.0 Å². The molecule has 0 saturated carbocycles. The molecule has 2 aliphatic heterocycles. The maximum atomic E-state index is 13.3. The average Bonchev–Trinajstić information content (AvgIpc) is 2.76. The van der Waals surface area contributed by atoms with Gasteiger partial charge in [0.25, 0.3) is 5.56 Å². The van der Waals surface area contributed by atoms with E-state index in [1.807, 2.05) is 41.0 Å². The van der Waals surface area contributed by atoms with Gasteiger partial charge in [0, 0.05) is 41.3 Å². The number of halogens is 1. The van der Waals surface area contributed by atoms with Gasteiger partial charge in [0.1, 0.15) is 12.4 Å². The molecule has 0 radical (unpaired) electrons. The van der Waals surface area contributed by atoms with E-state index in [4.69, 9.17) is 0 Å². The fourth-order valence-electron chi connectivity index (χ4n) is 5.27. The Hall–Kier alpha value is -3.23. The lowest BCUT2D eigenvalue weighted by Crippen LogP contribution is -3.13. The molecule has 150 valence electrons.